The number of thioether (sulfide) groups is 1. The summed E-state index contributed by atoms with van der Waals surface area (Å²) in [5.41, 5.74) is 8.87. The molecule has 0 bridgehead atoms. The van der Waals surface area contributed by atoms with E-state index in [-0.39, 0.29) is 0 Å². The van der Waals surface area contributed by atoms with E-state index >= 15 is 0 Å². The lowest BCUT2D eigenvalue weighted by atomic mass is 10.0. The first-order chi connectivity index (χ1) is 10.1. The van der Waals surface area contributed by atoms with Crippen LogP contribution in [-0.2, 0) is 12.8 Å². The number of nitrogens with zero attached hydrogens (tertiary/aromatic N) is 1. The van der Waals surface area contributed by atoms with Gasteiger partial charge in [-0.1, -0.05) is 32.0 Å². The van der Waals surface area contributed by atoms with Gasteiger partial charge in [0, 0.05) is 11.4 Å². The normalized spacial score (nSPS) is 22.5. The van der Waals surface area contributed by atoms with E-state index in [0.717, 1.165) is 36.5 Å². The predicted octanol–water partition coefficient (Wildman–Crippen LogP) is 2.41. The maximum absolute atomic E-state index is 10.3. The van der Waals surface area contributed by atoms with Gasteiger partial charge in [0.05, 0.1) is 12.1 Å². The number of hydrogen-bond donors (Lipinski definition) is 3. The highest BCUT2D eigenvalue weighted by Gasteiger charge is 2.31. The van der Waals surface area contributed by atoms with E-state index in [0.29, 0.717) is 12.5 Å². The van der Waals surface area contributed by atoms with Crippen LogP contribution in [0.15, 0.2) is 23.2 Å². The molecule has 0 aromatic heterocycles. The number of rotatable bonds is 5. The SMILES string of the molecule is CCc1cccc(CC)c1NC(N)=NCC1(O)CCSC1. The summed E-state index contributed by atoms with van der Waals surface area (Å²) in [6, 6.07) is 6.29. The van der Waals surface area contributed by atoms with Gasteiger partial charge in [0.2, 0.25) is 0 Å². The molecule has 0 spiro atoms. The lowest BCUT2D eigenvalue weighted by Gasteiger charge is -2.19. The number of guanidine groups is 1. The molecule has 1 atom stereocenters. The van der Waals surface area contributed by atoms with Gasteiger partial charge in [-0.25, -0.2) is 0 Å². The van der Waals surface area contributed by atoms with E-state index in [9.17, 15) is 5.11 Å². The highest BCUT2D eigenvalue weighted by atomic mass is 32.2. The zero-order valence-corrected chi connectivity index (χ0v) is 13.7. The first kappa shape index (κ1) is 16.2. The number of nitrogens with two attached hydrogens (primary N) is 1. The van der Waals surface area contributed by atoms with Crippen LogP contribution in [0, 0.1) is 0 Å². The Bertz CT molecular complexity index is 488. The summed E-state index contributed by atoms with van der Waals surface area (Å²) >= 11 is 1.77. The maximum atomic E-state index is 10.3. The first-order valence-electron chi connectivity index (χ1n) is 7.56. The van der Waals surface area contributed by atoms with Crippen molar-refractivity contribution in [3.05, 3.63) is 29.3 Å². The van der Waals surface area contributed by atoms with Crippen LogP contribution < -0.4 is 11.1 Å². The third kappa shape index (κ3) is 4.14. The third-order valence-corrected chi connectivity index (χ3v) is 5.11. The first-order valence-corrected chi connectivity index (χ1v) is 8.71. The number of nitrogens with one attached hydrogen (secondary N) is 1. The molecule has 4 nitrogen and oxygen atoms in total. The monoisotopic (exact) mass is 307 g/mol. The second kappa shape index (κ2) is 7.18. The van der Waals surface area contributed by atoms with Crippen molar-refractivity contribution in [2.45, 2.75) is 38.7 Å². The van der Waals surface area contributed by atoms with Crippen molar-refractivity contribution in [1.29, 1.82) is 0 Å². The molecule has 1 aromatic carbocycles. The molecule has 1 aliphatic heterocycles. The van der Waals surface area contributed by atoms with Crippen LogP contribution in [0.1, 0.15) is 31.4 Å². The zero-order valence-electron chi connectivity index (χ0n) is 12.9. The van der Waals surface area contributed by atoms with Gasteiger partial charge in [-0.3, -0.25) is 4.99 Å². The minimum absolute atomic E-state index is 0.370. The fraction of sp³-hybridized carbons (Fsp3) is 0.562. The van der Waals surface area contributed by atoms with Crippen molar-refractivity contribution in [3.8, 4) is 0 Å². The van der Waals surface area contributed by atoms with E-state index in [4.69, 9.17) is 5.73 Å². The molecular formula is C16H25N3OS. The molecule has 1 aliphatic rings. The molecule has 1 heterocycles. The maximum Gasteiger partial charge on any atom is 0.193 e. The van der Waals surface area contributed by atoms with Gasteiger partial charge in [0.25, 0.3) is 0 Å². The number of aliphatic imine (C=N–C) groups is 1. The summed E-state index contributed by atoms with van der Waals surface area (Å²) in [5, 5.41) is 13.5. The van der Waals surface area contributed by atoms with Crippen LogP contribution in [0.25, 0.3) is 0 Å². The van der Waals surface area contributed by atoms with Crippen molar-refractivity contribution in [3.63, 3.8) is 0 Å². The Morgan fingerprint density at radius 2 is 2.05 bits per heavy atom. The summed E-state index contributed by atoms with van der Waals surface area (Å²) in [7, 11) is 0. The Balaban J connectivity index is 2.10. The van der Waals surface area contributed by atoms with Crippen LogP contribution >= 0.6 is 11.8 Å². The third-order valence-electron chi connectivity index (χ3n) is 3.88. The van der Waals surface area contributed by atoms with Crippen molar-refractivity contribution < 1.29 is 5.11 Å². The lowest BCUT2D eigenvalue weighted by Crippen LogP contribution is -2.34. The van der Waals surface area contributed by atoms with Gasteiger partial charge in [0.15, 0.2) is 5.96 Å². The van der Waals surface area contributed by atoms with Crippen LogP contribution in [0.2, 0.25) is 0 Å². The fourth-order valence-corrected chi connectivity index (χ4v) is 3.81. The van der Waals surface area contributed by atoms with Gasteiger partial charge < -0.3 is 16.2 Å². The van der Waals surface area contributed by atoms with E-state index in [1.165, 1.54) is 11.1 Å². The van der Waals surface area contributed by atoms with Gasteiger partial charge >= 0.3 is 0 Å². The minimum Gasteiger partial charge on any atom is -0.387 e. The standard InChI is InChI=1S/C16H25N3OS/c1-3-12-6-5-7-13(4-2)14(12)19-15(17)18-10-16(20)8-9-21-11-16/h5-7,20H,3-4,8-11H2,1-2H3,(H3,17,18,19). The van der Waals surface area contributed by atoms with Gasteiger partial charge in [-0.15, -0.1) is 0 Å². The molecular weight excluding hydrogens is 282 g/mol. The van der Waals surface area contributed by atoms with Crippen molar-refractivity contribution in [2.75, 3.05) is 23.4 Å². The quantitative estimate of drug-likeness (QED) is 0.577. The number of para-hydroxylation sites is 1. The lowest BCUT2D eigenvalue weighted by molar-refractivity contribution is 0.0780. The van der Waals surface area contributed by atoms with E-state index in [2.05, 4.69) is 42.4 Å². The molecule has 0 radical (unpaired) electrons. The molecule has 0 aliphatic carbocycles. The predicted molar refractivity (Wildman–Crippen MR) is 92.2 cm³/mol. The number of aliphatic hydroxyl groups is 1. The molecule has 0 amide bonds. The second-order valence-corrected chi connectivity index (χ2v) is 6.62. The number of hydrogen-bond acceptors (Lipinski definition) is 3. The van der Waals surface area contributed by atoms with Crippen molar-refractivity contribution in [2.24, 2.45) is 10.7 Å². The average Bonchev–Trinajstić information content (AvgIpc) is 2.93. The Kier molecular flexibility index (Phi) is 5.53. The molecule has 1 aromatic rings. The highest BCUT2D eigenvalue weighted by Crippen LogP contribution is 2.28. The van der Waals surface area contributed by atoms with Crippen LogP contribution in [0.5, 0.6) is 0 Å². The van der Waals surface area contributed by atoms with Crippen LogP contribution in [0.3, 0.4) is 0 Å². The zero-order chi connectivity index (χ0) is 15.3. The molecule has 4 N–H and O–H groups in total. The molecule has 21 heavy (non-hydrogen) atoms. The highest BCUT2D eigenvalue weighted by molar-refractivity contribution is 7.99. The van der Waals surface area contributed by atoms with Crippen molar-refractivity contribution >= 4 is 23.4 Å². The average molecular weight is 307 g/mol. The molecule has 116 valence electrons. The molecule has 1 saturated heterocycles. The van der Waals surface area contributed by atoms with E-state index < -0.39 is 5.60 Å². The Morgan fingerprint density at radius 3 is 2.57 bits per heavy atom. The van der Waals surface area contributed by atoms with Crippen LogP contribution in [0.4, 0.5) is 5.69 Å². The van der Waals surface area contributed by atoms with Gasteiger partial charge in [-0.05, 0) is 36.1 Å². The topological polar surface area (TPSA) is 70.6 Å². The summed E-state index contributed by atoms with van der Waals surface area (Å²) in [4.78, 5) is 4.34. The smallest absolute Gasteiger partial charge is 0.193 e. The fourth-order valence-electron chi connectivity index (χ4n) is 2.52. The molecule has 1 fully saturated rings. The minimum atomic E-state index is -0.686. The number of aryl methyl sites for hydroxylation is 2. The largest absolute Gasteiger partial charge is 0.387 e. The van der Waals surface area contributed by atoms with Crippen LogP contribution in [-0.4, -0.2) is 34.7 Å². The van der Waals surface area contributed by atoms with E-state index in [1.807, 2.05) is 0 Å². The number of benzene rings is 1. The van der Waals surface area contributed by atoms with Gasteiger partial charge in [-0.2, -0.15) is 11.8 Å². The molecule has 1 unspecified atom stereocenters. The Labute approximate surface area is 131 Å². The Morgan fingerprint density at radius 1 is 1.38 bits per heavy atom. The van der Waals surface area contributed by atoms with Crippen molar-refractivity contribution in [1.82, 2.24) is 0 Å². The summed E-state index contributed by atoms with van der Waals surface area (Å²) in [6.07, 6.45) is 2.69. The summed E-state index contributed by atoms with van der Waals surface area (Å²) < 4.78 is 0. The molecule has 0 saturated carbocycles. The summed E-state index contributed by atoms with van der Waals surface area (Å²) in [6.45, 7) is 4.63. The summed E-state index contributed by atoms with van der Waals surface area (Å²) in [5.74, 6) is 2.13. The number of anilines is 1. The molecule has 5 heteroatoms. The molecule has 2 rings (SSSR count). The van der Waals surface area contributed by atoms with E-state index in [1.54, 1.807) is 11.8 Å². The van der Waals surface area contributed by atoms with Gasteiger partial charge in [0.1, 0.15) is 0 Å². The second-order valence-electron chi connectivity index (χ2n) is 5.51. The Hall–Kier alpha value is -1.20.